The van der Waals surface area contributed by atoms with E-state index in [9.17, 15) is 24.3 Å². The molecule has 0 radical (unpaired) electrons. The van der Waals surface area contributed by atoms with Gasteiger partial charge < -0.3 is 20.2 Å². The van der Waals surface area contributed by atoms with Crippen molar-refractivity contribution in [3.63, 3.8) is 0 Å². The molecule has 3 amide bonds. The number of carbonyl (C=O) groups is 4. The van der Waals surface area contributed by atoms with Gasteiger partial charge in [-0.05, 0) is 26.7 Å². The molecule has 2 N–H and O–H groups in total. The molecular formula is C17H24N6O5. The molecule has 2 aliphatic heterocycles. The number of aliphatic hydroxyl groups excluding tert-OH is 1. The van der Waals surface area contributed by atoms with Crippen LogP contribution in [-0.4, -0.2) is 90.5 Å². The first-order valence-corrected chi connectivity index (χ1v) is 9.10. The number of β-lactam (4-membered cyclic amide) rings is 1. The van der Waals surface area contributed by atoms with Gasteiger partial charge in [0.1, 0.15) is 17.9 Å². The first-order valence-electron chi connectivity index (χ1n) is 9.10. The van der Waals surface area contributed by atoms with Crippen LogP contribution in [0.2, 0.25) is 0 Å². The summed E-state index contributed by atoms with van der Waals surface area (Å²) in [6.45, 7) is 3.12. The molecule has 2 saturated heterocycles. The van der Waals surface area contributed by atoms with Crippen LogP contribution in [0.5, 0.6) is 0 Å². The van der Waals surface area contributed by atoms with Crippen LogP contribution < -0.4 is 5.32 Å². The summed E-state index contributed by atoms with van der Waals surface area (Å²) < 4.78 is 1.36. The Labute approximate surface area is 161 Å². The zero-order valence-electron chi connectivity index (χ0n) is 16.1. The molecule has 1 aromatic heterocycles. The summed E-state index contributed by atoms with van der Waals surface area (Å²) in [6, 6.07) is -1.02. The van der Waals surface area contributed by atoms with E-state index in [-0.39, 0.29) is 36.5 Å². The standard InChI is InChI=1S/C17H24N6O5/c1-10(24)13(11(2)25)20-12(26)7-22-8-17(16(22)28)5-4-6-23(17)15(27)14-18-9-19-21(14)3/h9-10,13,24H,4-8H2,1-3H3,(H,20,26)/t10-,13+,17?/m1/s1. The largest absolute Gasteiger partial charge is 0.391 e. The van der Waals surface area contributed by atoms with Crippen LogP contribution in [0.3, 0.4) is 0 Å². The second-order valence-corrected chi connectivity index (χ2v) is 7.36. The maximum atomic E-state index is 12.8. The Morgan fingerprint density at radius 2 is 2.11 bits per heavy atom. The van der Waals surface area contributed by atoms with Crippen molar-refractivity contribution >= 4 is 23.5 Å². The third-order valence-electron chi connectivity index (χ3n) is 5.35. The molecule has 0 aromatic carbocycles. The van der Waals surface area contributed by atoms with Crippen LogP contribution in [0.15, 0.2) is 6.33 Å². The molecule has 1 spiro atoms. The van der Waals surface area contributed by atoms with Crippen molar-refractivity contribution in [2.75, 3.05) is 19.6 Å². The molecule has 3 rings (SSSR count). The van der Waals surface area contributed by atoms with E-state index in [2.05, 4.69) is 15.4 Å². The Balaban J connectivity index is 1.65. The summed E-state index contributed by atoms with van der Waals surface area (Å²) in [7, 11) is 1.61. The molecule has 11 heteroatoms. The number of amides is 3. The highest BCUT2D eigenvalue weighted by Crippen LogP contribution is 2.39. The number of hydrogen-bond acceptors (Lipinski definition) is 7. The van der Waals surface area contributed by atoms with E-state index in [1.807, 2.05) is 0 Å². The summed E-state index contributed by atoms with van der Waals surface area (Å²) >= 11 is 0. The van der Waals surface area contributed by atoms with Crippen molar-refractivity contribution in [3.05, 3.63) is 12.2 Å². The van der Waals surface area contributed by atoms with Gasteiger partial charge in [0.2, 0.25) is 11.7 Å². The molecule has 2 fully saturated rings. The highest BCUT2D eigenvalue weighted by Gasteiger charge is 2.60. The van der Waals surface area contributed by atoms with Gasteiger partial charge in [-0.25, -0.2) is 9.67 Å². The van der Waals surface area contributed by atoms with Gasteiger partial charge in [0.05, 0.1) is 19.2 Å². The van der Waals surface area contributed by atoms with E-state index in [1.165, 1.54) is 34.7 Å². The van der Waals surface area contributed by atoms with E-state index in [0.717, 1.165) is 0 Å². The van der Waals surface area contributed by atoms with Crippen LogP contribution in [0.4, 0.5) is 0 Å². The lowest BCUT2D eigenvalue weighted by molar-refractivity contribution is -0.161. The van der Waals surface area contributed by atoms with Crippen molar-refractivity contribution < 1.29 is 24.3 Å². The van der Waals surface area contributed by atoms with Gasteiger partial charge in [-0.3, -0.25) is 19.2 Å². The van der Waals surface area contributed by atoms with Gasteiger partial charge in [-0.15, -0.1) is 0 Å². The smallest absolute Gasteiger partial charge is 0.292 e. The Morgan fingerprint density at radius 3 is 2.64 bits per heavy atom. The molecule has 11 nitrogen and oxygen atoms in total. The van der Waals surface area contributed by atoms with Gasteiger partial charge in [0.25, 0.3) is 11.8 Å². The Morgan fingerprint density at radius 1 is 1.39 bits per heavy atom. The van der Waals surface area contributed by atoms with Gasteiger partial charge in [-0.2, -0.15) is 5.10 Å². The lowest BCUT2D eigenvalue weighted by atomic mass is 9.85. The van der Waals surface area contributed by atoms with Gasteiger partial charge in [0.15, 0.2) is 5.78 Å². The van der Waals surface area contributed by atoms with Crippen LogP contribution in [-0.2, 0) is 21.4 Å². The second kappa shape index (κ2) is 7.30. The molecule has 0 bridgehead atoms. The summed E-state index contributed by atoms with van der Waals surface area (Å²) in [5.74, 6) is -1.40. The summed E-state index contributed by atoms with van der Waals surface area (Å²) in [4.78, 5) is 56.1. The van der Waals surface area contributed by atoms with Gasteiger partial charge in [-0.1, -0.05) is 0 Å². The number of aryl methyl sites for hydroxylation is 1. The molecule has 152 valence electrons. The third kappa shape index (κ3) is 3.26. The summed E-state index contributed by atoms with van der Waals surface area (Å²) in [6.07, 6.45) is 1.46. The van der Waals surface area contributed by atoms with E-state index in [1.54, 1.807) is 7.05 Å². The van der Waals surface area contributed by atoms with E-state index >= 15 is 0 Å². The fourth-order valence-electron chi connectivity index (χ4n) is 3.91. The number of rotatable bonds is 6. The normalized spacial score (nSPS) is 23.5. The van der Waals surface area contributed by atoms with Gasteiger partial charge in [0, 0.05) is 13.6 Å². The van der Waals surface area contributed by atoms with Crippen molar-refractivity contribution in [1.29, 1.82) is 0 Å². The number of ketones is 1. The molecular weight excluding hydrogens is 368 g/mol. The maximum Gasteiger partial charge on any atom is 0.292 e. The zero-order valence-corrected chi connectivity index (χ0v) is 16.1. The summed E-state index contributed by atoms with van der Waals surface area (Å²) in [5, 5.41) is 15.9. The van der Waals surface area contributed by atoms with Crippen LogP contribution in [0.1, 0.15) is 37.3 Å². The van der Waals surface area contributed by atoms with Crippen molar-refractivity contribution in [2.45, 2.75) is 44.4 Å². The maximum absolute atomic E-state index is 12.8. The quantitative estimate of drug-likeness (QED) is 0.539. The van der Waals surface area contributed by atoms with Gasteiger partial charge >= 0.3 is 0 Å². The highest BCUT2D eigenvalue weighted by atomic mass is 16.3. The topological polar surface area (TPSA) is 138 Å². The highest BCUT2D eigenvalue weighted by molar-refractivity contribution is 6.02. The van der Waals surface area contributed by atoms with E-state index in [4.69, 9.17) is 0 Å². The molecule has 3 heterocycles. The SMILES string of the molecule is CC(=O)[C@@H](NC(=O)CN1CC2(CCCN2C(=O)c2ncnn2C)C1=O)[C@@H](C)O. The number of nitrogens with one attached hydrogen (secondary N) is 1. The minimum absolute atomic E-state index is 0.159. The number of hydrogen-bond donors (Lipinski definition) is 2. The van der Waals surface area contributed by atoms with E-state index in [0.29, 0.717) is 19.4 Å². The number of carbonyl (C=O) groups excluding carboxylic acids is 4. The van der Waals surface area contributed by atoms with E-state index < -0.39 is 23.6 Å². The molecule has 2 aliphatic rings. The Kier molecular flexibility index (Phi) is 5.20. The predicted octanol–water partition coefficient (Wildman–Crippen LogP) is -1.91. The molecule has 0 saturated carbocycles. The average Bonchev–Trinajstić information content (AvgIpc) is 3.25. The number of aliphatic hydroxyl groups is 1. The fraction of sp³-hybridized carbons (Fsp3) is 0.647. The lowest BCUT2D eigenvalue weighted by Gasteiger charge is -2.50. The first-order chi connectivity index (χ1) is 13.2. The predicted molar refractivity (Wildman–Crippen MR) is 94.9 cm³/mol. The lowest BCUT2D eigenvalue weighted by Crippen LogP contribution is -2.73. The zero-order chi connectivity index (χ0) is 20.6. The Hall–Kier alpha value is -2.82. The molecule has 1 unspecified atom stereocenters. The van der Waals surface area contributed by atoms with Crippen molar-refractivity contribution in [3.8, 4) is 0 Å². The third-order valence-corrected chi connectivity index (χ3v) is 5.35. The Bertz CT molecular complexity index is 821. The molecule has 1 aromatic rings. The number of nitrogens with zero attached hydrogens (tertiary/aromatic N) is 5. The monoisotopic (exact) mass is 392 g/mol. The number of likely N-dealkylation sites (tertiary alicyclic amines) is 2. The van der Waals surface area contributed by atoms with Crippen LogP contribution in [0.25, 0.3) is 0 Å². The molecule has 3 atom stereocenters. The minimum atomic E-state index is -1.03. The van der Waals surface area contributed by atoms with Crippen LogP contribution >= 0.6 is 0 Å². The first kappa shape index (κ1) is 19.9. The number of Topliss-reactive ketones (excluding diaryl/α,β-unsaturated/α-hetero) is 1. The average molecular weight is 392 g/mol. The van der Waals surface area contributed by atoms with Crippen molar-refractivity contribution in [1.82, 2.24) is 29.9 Å². The van der Waals surface area contributed by atoms with Crippen LogP contribution in [0, 0.1) is 0 Å². The summed E-state index contributed by atoms with van der Waals surface area (Å²) in [5.41, 5.74) is -0.951. The minimum Gasteiger partial charge on any atom is -0.391 e. The second-order valence-electron chi connectivity index (χ2n) is 7.36. The fourth-order valence-corrected chi connectivity index (χ4v) is 3.91. The molecule has 0 aliphatic carbocycles. The van der Waals surface area contributed by atoms with Crippen molar-refractivity contribution in [2.24, 2.45) is 7.05 Å². The number of aromatic nitrogens is 3. The molecule has 28 heavy (non-hydrogen) atoms.